The fourth-order valence-corrected chi connectivity index (χ4v) is 3.54. The van der Waals surface area contributed by atoms with Gasteiger partial charge in [-0.25, -0.2) is 8.42 Å². The number of aliphatic carboxylic acids is 1. The molecule has 0 aliphatic carbocycles. The van der Waals surface area contributed by atoms with Crippen molar-refractivity contribution >= 4 is 21.7 Å². The molecule has 0 radical (unpaired) electrons. The molecule has 1 aliphatic rings. The first-order valence-electron chi connectivity index (χ1n) is 7.89. The number of nitro benzene ring substituents is 1. The Bertz CT molecular complexity index is 768. The third kappa shape index (κ3) is 6.02. The van der Waals surface area contributed by atoms with Gasteiger partial charge in [0.25, 0.3) is 5.69 Å². The van der Waals surface area contributed by atoms with Crippen LogP contribution in [0.1, 0.15) is 5.56 Å². The Morgan fingerprint density at radius 2 is 2.23 bits per heavy atom. The van der Waals surface area contributed by atoms with Crippen molar-refractivity contribution in [2.24, 2.45) is 0 Å². The van der Waals surface area contributed by atoms with Crippen LogP contribution < -0.4 is 0 Å². The molecule has 144 valence electrons. The van der Waals surface area contributed by atoms with Gasteiger partial charge in [-0.15, -0.1) is 0 Å². The second-order valence-electron chi connectivity index (χ2n) is 6.10. The average molecular weight is 387 g/mol. The fraction of sp³-hybridized carbons (Fsp3) is 0.533. The predicted molar refractivity (Wildman–Crippen MR) is 92.2 cm³/mol. The predicted octanol–water partition coefficient (Wildman–Crippen LogP) is 0.142. The number of benzene rings is 1. The smallest absolute Gasteiger partial charge is 0.318 e. The molecular formula is C15H21N3O7S. The Balaban J connectivity index is 2.01. The fourth-order valence-electron chi connectivity index (χ4n) is 2.76. The summed E-state index contributed by atoms with van der Waals surface area (Å²) in [4.78, 5) is 23.3. The highest BCUT2D eigenvalue weighted by Crippen LogP contribution is 2.17. The van der Waals surface area contributed by atoms with Crippen LogP contribution in [0.5, 0.6) is 0 Å². The molecule has 0 bridgehead atoms. The lowest BCUT2D eigenvalue weighted by Gasteiger charge is -2.34. The topological polar surface area (TPSA) is 130 Å². The molecule has 1 heterocycles. The maximum absolute atomic E-state index is 11.7. The van der Waals surface area contributed by atoms with Gasteiger partial charge in [0.2, 0.25) is 10.0 Å². The van der Waals surface area contributed by atoms with Gasteiger partial charge in [-0.05, 0) is 5.56 Å². The Morgan fingerprint density at radius 1 is 1.50 bits per heavy atom. The van der Waals surface area contributed by atoms with Crippen LogP contribution in [0.4, 0.5) is 5.69 Å². The van der Waals surface area contributed by atoms with Gasteiger partial charge in [0.05, 0.1) is 23.9 Å². The number of morpholine rings is 1. The van der Waals surface area contributed by atoms with Crippen LogP contribution in [0.3, 0.4) is 0 Å². The van der Waals surface area contributed by atoms with Gasteiger partial charge in [-0.1, -0.05) is 12.1 Å². The molecule has 0 spiro atoms. The summed E-state index contributed by atoms with van der Waals surface area (Å²) in [6.45, 7) is 1.13. The molecule has 1 unspecified atom stereocenters. The summed E-state index contributed by atoms with van der Waals surface area (Å²) in [6.07, 6.45) is 0.483. The minimum Gasteiger partial charge on any atom is -0.480 e. The Hall–Kier alpha value is -2.08. The van der Waals surface area contributed by atoms with E-state index in [0.717, 1.165) is 16.1 Å². The number of nitrogens with zero attached hydrogens (tertiary/aromatic N) is 3. The number of non-ortho nitro benzene ring substituents is 1. The first-order valence-corrected chi connectivity index (χ1v) is 9.74. The largest absolute Gasteiger partial charge is 0.480 e. The summed E-state index contributed by atoms with van der Waals surface area (Å²) in [7, 11) is -3.67. The van der Waals surface area contributed by atoms with Crippen LogP contribution in [0.2, 0.25) is 0 Å². The standard InChI is InChI=1S/C15H21N3O7S/c1-26(23,24)17(11-15(19)20)10-14-9-16(5-6-25-14)8-12-3-2-4-13(7-12)18(21)22/h2-4,7,14H,5-6,8-11H2,1H3,(H,19,20). The second-order valence-corrected chi connectivity index (χ2v) is 8.09. The van der Waals surface area contributed by atoms with E-state index in [1.165, 1.54) is 12.1 Å². The van der Waals surface area contributed by atoms with E-state index in [2.05, 4.69) is 0 Å². The monoisotopic (exact) mass is 387 g/mol. The summed E-state index contributed by atoms with van der Waals surface area (Å²) in [6, 6.07) is 6.31. The van der Waals surface area contributed by atoms with Crippen molar-refractivity contribution in [3.63, 3.8) is 0 Å². The quantitative estimate of drug-likeness (QED) is 0.492. The molecule has 0 aromatic heterocycles. The molecular weight excluding hydrogens is 366 g/mol. The third-order valence-electron chi connectivity index (χ3n) is 3.94. The van der Waals surface area contributed by atoms with Gasteiger partial charge < -0.3 is 9.84 Å². The number of ether oxygens (including phenoxy) is 1. The summed E-state index contributed by atoms with van der Waals surface area (Å²) in [5.41, 5.74) is 0.780. The van der Waals surface area contributed by atoms with Crippen molar-refractivity contribution in [1.82, 2.24) is 9.21 Å². The zero-order valence-electron chi connectivity index (χ0n) is 14.3. The van der Waals surface area contributed by atoms with Crippen LogP contribution in [0, 0.1) is 10.1 Å². The molecule has 2 rings (SSSR count). The Morgan fingerprint density at radius 3 is 2.85 bits per heavy atom. The highest BCUT2D eigenvalue weighted by atomic mass is 32.2. The van der Waals surface area contributed by atoms with Gasteiger partial charge in [-0.3, -0.25) is 19.8 Å². The second kappa shape index (κ2) is 8.54. The number of carboxylic acids is 1. The lowest BCUT2D eigenvalue weighted by molar-refractivity contribution is -0.384. The molecule has 10 nitrogen and oxygen atoms in total. The molecule has 1 aromatic rings. The Labute approximate surface area is 151 Å². The van der Waals surface area contributed by atoms with Gasteiger partial charge >= 0.3 is 5.97 Å². The first-order chi connectivity index (χ1) is 12.1. The van der Waals surface area contributed by atoms with E-state index in [0.29, 0.717) is 26.2 Å². The van der Waals surface area contributed by atoms with Crippen molar-refractivity contribution < 1.29 is 28.0 Å². The normalized spacial score (nSPS) is 18.8. The summed E-state index contributed by atoms with van der Waals surface area (Å²) < 4.78 is 29.9. The van der Waals surface area contributed by atoms with E-state index in [1.807, 2.05) is 4.90 Å². The summed E-state index contributed by atoms with van der Waals surface area (Å²) >= 11 is 0. The van der Waals surface area contributed by atoms with E-state index >= 15 is 0 Å². The number of hydrogen-bond acceptors (Lipinski definition) is 7. The molecule has 1 aromatic carbocycles. The van der Waals surface area contributed by atoms with Crippen molar-refractivity contribution in [3.05, 3.63) is 39.9 Å². The van der Waals surface area contributed by atoms with Crippen molar-refractivity contribution in [2.45, 2.75) is 12.6 Å². The molecule has 0 saturated carbocycles. The number of sulfonamides is 1. The van der Waals surface area contributed by atoms with E-state index < -0.39 is 33.6 Å². The van der Waals surface area contributed by atoms with E-state index in [9.17, 15) is 23.3 Å². The van der Waals surface area contributed by atoms with Crippen LogP contribution in [0.15, 0.2) is 24.3 Å². The number of carbonyl (C=O) groups is 1. The van der Waals surface area contributed by atoms with Gasteiger partial charge in [0.1, 0.15) is 6.54 Å². The maximum Gasteiger partial charge on any atom is 0.318 e. The molecule has 1 atom stereocenters. The minimum atomic E-state index is -3.67. The highest BCUT2D eigenvalue weighted by Gasteiger charge is 2.28. The zero-order chi connectivity index (χ0) is 19.3. The first kappa shape index (κ1) is 20.2. The molecule has 1 N–H and O–H groups in total. The lowest BCUT2D eigenvalue weighted by atomic mass is 10.1. The van der Waals surface area contributed by atoms with E-state index in [1.54, 1.807) is 12.1 Å². The van der Waals surface area contributed by atoms with E-state index in [-0.39, 0.29) is 12.2 Å². The number of rotatable bonds is 8. The van der Waals surface area contributed by atoms with Crippen LogP contribution in [0.25, 0.3) is 0 Å². The summed E-state index contributed by atoms with van der Waals surface area (Å²) in [5, 5.41) is 19.7. The number of nitro groups is 1. The molecule has 1 aliphatic heterocycles. The highest BCUT2D eigenvalue weighted by molar-refractivity contribution is 7.88. The molecule has 1 fully saturated rings. The number of hydrogen-bond donors (Lipinski definition) is 1. The van der Waals surface area contributed by atoms with Crippen molar-refractivity contribution in [3.8, 4) is 0 Å². The molecule has 11 heteroatoms. The van der Waals surface area contributed by atoms with Crippen molar-refractivity contribution in [2.75, 3.05) is 39.0 Å². The SMILES string of the molecule is CS(=O)(=O)N(CC(=O)O)CC1CN(Cc2cccc([N+](=O)[O-])c2)CCO1. The number of carboxylic acid groups (broad SMARTS) is 1. The maximum atomic E-state index is 11.7. The van der Waals surface area contributed by atoms with E-state index in [4.69, 9.17) is 9.84 Å². The van der Waals surface area contributed by atoms with Gasteiger partial charge in [-0.2, -0.15) is 4.31 Å². The molecule has 0 amide bonds. The van der Waals surface area contributed by atoms with Crippen LogP contribution in [-0.4, -0.2) is 78.8 Å². The lowest BCUT2D eigenvalue weighted by Crippen LogP contribution is -2.49. The van der Waals surface area contributed by atoms with Crippen LogP contribution >= 0.6 is 0 Å². The third-order valence-corrected chi connectivity index (χ3v) is 5.15. The zero-order valence-corrected chi connectivity index (χ0v) is 15.1. The van der Waals surface area contributed by atoms with Gasteiger partial charge in [0.15, 0.2) is 0 Å². The molecule has 26 heavy (non-hydrogen) atoms. The van der Waals surface area contributed by atoms with Gasteiger partial charge in [0, 0.05) is 38.3 Å². The van der Waals surface area contributed by atoms with Crippen molar-refractivity contribution in [1.29, 1.82) is 0 Å². The Kier molecular flexibility index (Phi) is 6.64. The summed E-state index contributed by atoms with van der Waals surface area (Å²) in [5.74, 6) is -1.24. The minimum absolute atomic E-state index is 0.0111. The van der Waals surface area contributed by atoms with Crippen LogP contribution in [-0.2, 0) is 26.1 Å². The molecule has 1 saturated heterocycles. The average Bonchev–Trinajstić information content (AvgIpc) is 2.53.